The van der Waals surface area contributed by atoms with Crippen molar-refractivity contribution < 1.29 is 17.8 Å². The Morgan fingerprint density at radius 2 is 1.91 bits per heavy atom. The van der Waals surface area contributed by atoms with Crippen LogP contribution >= 0.6 is 0 Å². The molecule has 5 heteroatoms. The average molecular weight is 334 g/mol. The molecular formula is C18H22O4S. The van der Waals surface area contributed by atoms with Crippen LogP contribution in [-0.2, 0) is 14.9 Å². The zero-order valence-corrected chi connectivity index (χ0v) is 14.7. The maximum Gasteiger partial charge on any atom is 0.294 e. The number of rotatable bonds is 2. The van der Waals surface area contributed by atoms with Gasteiger partial charge in [0.05, 0.1) is 4.90 Å². The normalized spacial score (nSPS) is 31.1. The summed E-state index contributed by atoms with van der Waals surface area (Å²) in [5, 5.41) is 0. The molecule has 2 unspecified atom stereocenters. The van der Waals surface area contributed by atoms with E-state index in [-0.39, 0.29) is 27.4 Å². The highest BCUT2D eigenvalue weighted by atomic mass is 32.2. The van der Waals surface area contributed by atoms with Crippen LogP contribution in [0.5, 0.6) is 0 Å². The second kappa shape index (κ2) is 4.77. The molecule has 0 aromatic heterocycles. The van der Waals surface area contributed by atoms with E-state index in [1.807, 2.05) is 19.9 Å². The van der Waals surface area contributed by atoms with Crippen molar-refractivity contribution in [2.75, 3.05) is 0 Å². The van der Waals surface area contributed by atoms with Gasteiger partial charge >= 0.3 is 0 Å². The van der Waals surface area contributed by atoms with Gasteiger partial charge in [0, 0.05) is 5.41 Å². The van der Waals surface area contributed by atoms with Crippen LogP contribution < -0.4 is 0 Å². The molecule has 4 nitrogen and oxygen atoms in total. The number of hydrogen-bond acceptors (Lipinski definition) is 3. The number of allylic oxidation sites excluding steroid dienone is 1. The smallest absolute Gasteiger partial charge is 0.294 e. The van der Waals surface area contributed by atoms with Crippen molar-refractivity contribution in [2.45, 2.75) is 45.4 Å². The van der Waals surface area contributed by atoms with E-state index in [1.165, 1.54) is 12.1 Å². The molecule has 0 amide bonds. The molecule has 1 aromatic rings. The summed E-state index contributed by atoms with van der Waals surface area (Å²) >= 11 is 0. The summed E-state index contributed by atoms with van der Waals surface area (Å²) in [5.41, 5.74) is 1.93. The predicted octanol–water partition coefficient (Wildman–Crippen LogP) is 3.65. The van der Waals surface area contributed by atoms with Gasteiger partial charge in [0.1, 0.15) is 0 Å². The molecular weight excluding hydrogens is 312 g/mol. The summed E-state index contributed by atoms with van der Waals surface area (Å²) in [6.45, 7) is 8.19. The molecule has 2 aliphatic rings. The lowest BCUT2D eigenvalue weighted by molar-refractivity contribution is -0.125. The fourth-order valence-corrected chi connectivity index (χ4v) is 4.71. The second-order valence-corrected chi connectivity index (χ2v) is 8.99. The van der Waals surface area contributed by atoms with E-state index < -0.39 is 10.1 Å². The highest BCUT2D eigenvalue weighted by molar-refractivity contribution is 7.85. The Bertz CT molecular complexity index is 833. The summed E-state index contributed by atoms with van der Waals surface area (Å²) in [6.07, 6.45) is 3.71. The topological polar surface area (TPSA) is 71.4 Å². The number of ketones is 1. The highest BCUT2D eigenvalue weighted by Gasteiger charge is 2.63. The summed E-state index contributed by atoms with van der Waals surface area (Å²) in [5.74, 6) is 0.379. The van der Waals surface area contributed by atoms with E-state index in [1.54, 1.807) is 6.07 Å². The van der Waals surface area contributed by atoms with Crippen LogP contribution in [0.25, 0.3) is 6.08 Å². The molecule has 124 valence electrons. The Morgan fingerprint density at radius 1 is 1.26 bits per heavy atom. The Morgan fingerprint density at radius 3 is 2.43 bits per heavy atom. The molecule has 2 atom stereocenters. The van der Waals surface area contributed by atoms with Gasteiger partial charge in [-0.1, -0.05) is 26.8 Å². The van der Waals surface area contributed by atoms with E-state index in [4.69, 9.17) is 0 Å². The first-order valence-electron chi connectivity index (χ1n) is 7.83. The summed E-state index contributed by atoms with van der Waals surface area (Å²) in [7, 11) is -4.25. The minimum Gasteiger partial charge on any atom is -0.294 e. The van der Waals surface area contributed by atoms with Crippen molar-refractivity contribution in [3.63, 3.8) is 0 Å². The molecule has 2 fully saturated rings. The molecule has 1 aromatic carbocycles. The summed E-state index contributed by atoms with van der Waals surface area (Å²) in [6, 6.07) is 4.47. The van der Waals surface area contributed by atoms with Crippen LogP contribution in [0, 0.1) is 23.7 Å². The van der Waals surface area contributed by atoms with Gasteiger partial charge in [-0.25, -0.2) is 0 Å². The molecule has 2 aliphatic carbocycles. The van der Waals surface area contributed by atoms with Crippen molar-refractivity contribution in [2.24, 2.45) is 16.7 Å². The monoisotopic (exact) mass is 334 g/mol. The van der Waals surface area contributed by atoms with Crippen LogP contribution in [0.1, 0.15) is 44.7 Å². The number of benzene rings is 1. The van der Waals surface area contributed by atoms with Crippen LogP contribution in [0.15, 0.2) is 28.7 Å². The number of hydrogen-bond donors (Lipinski definition) is 1. The van der Waals surface area contributed by atoms with Gasteiger partial charge in [-0.15, -0.1) is 0 Å². The molecule has 2 saturated carbocycles. The lowest BCUT2D eigenvalue weighted by Gasteiger charge is -2.31. The SMILES string of the molecule is Cc1ccc(S(=O)(=O)O)cc1C=C1C(=O)C2(C)CCC1C2(C)C. The highest BCUT2D eigenvalue weighted by Crippen LogP contribution is 2.65. The van der Waals surface area contributed by atoms with Crippen molar-refractivity contribution in [3.05, 3.63) is 34.9 Å². The van der Waals surface area contributed by atoms with Gasteiger partial charge in [-0.05, 0) is 66.0 Å². The molecule has 0 heterocycles. The Kier molecular flexibility index (Phi) is 3.40. The predicted molar refractivity (Wildman–Crippen MR) is 88.6 cm³/mol. The third-order valence-corrected chi connectivity index (χ3v) is 7.07. The molecule has 0 radical (unpaired) electrons. The van der Waals surface area contributed by atoms with Crippen molar-refractivity contribution in [1.29, 1.82) is 0 Å². The molecule has 23 heavy (non-hydrogen) atoms. The van der Waals surface area contributed by atoms with Crippen LogP contribution in [-0.4, -0.2) is 18.8 Å². The standard InChI is InChI=1S/C18H22O4S/c1-11-5-6-13(23(20,21)22)9-12(11)10-14-15-7-8-18(4,16(14)19)17(15,2)3/h5-6,9-10,15H,7-8H2,1-4H3,(H,20,21,22). The lowest BCUT2D eigenvalue weighted by Crippen LogP contribution is -2.32. The van der Waals surface area contributed by atoms with Gasteiger partial charge in [-0.2, -0.15) is 8.42 Å². The van der Waals surface area contributed by atoms with Gasteiger partial charge in [-0.3, -0.25) is 9.35 Å². The molecule has 0 aliphatic heterocycles. The lowest BCUT2D eigenvalue weighted by atomic mass is 9.70. The van der Waals surface area contributed by atoms with Gasteiger partial charge in [0.15, 0.2) is 5.78 Å². The van der Waals surface area contributed by atoms with Crippen LogP contribution in [0.2, 0.25) is 0 Å². The maximum atomic E-state index is 12.9. The van der Waals surface area contributed by atoms with Crippen molar-refractivity contribution in [1.82, 2.24) is 0 Å². The fourth-order valence-electron chi connectivity index (χ4n) is 4.20. The summed E-state index contributed by atoms with van der Waals surface area (Å²) < 4.78 is 31.9. The van der Waals surface area contributed by atoms with E-state index >= 15 is 0 Å². The van der Waals surface area contributed by atoms with E-state index in [9.17, 15) is 17.8 Å². The van der Waals surface area contributed by atoms with Gasteiger partial charge in [0.2, 0.25) is 0 Å². The first-order chi connectivity index (χ1) is 10.5. The van der Waals surface area contributed by atoms with Gasteiger partial charge < -0.3 is 0 Å². The second-order valence-electron chi connectivity index (χ2n) is 7.57. The molecule has 1 N–H and O–H groups in total. The number of carbonyl (C=O) groups excluding carboxylic acids is 1. The number of aryl methyl sites for hydroxylation is 1. The largest absolute Gasteiger partial charge is 0.294 e. The maximum absolute atomic E-state index is 12.9. The van der Waals surface area contributed by atoms with Crippen LogP contribution in [0.3, 0.4) is 0 Å². The summed E-state index contributed by atoms with van der Waals surface area (Å²) in [4.78, 5) is 12.7. The first-order valence-corrected chi connectivity index (χ1v) is 9.27. The van der Waals surface area contributed by atoms with Crippen LogP contribution in [0.4, 0.5) is 0 Å². The molecule has 0 saturated heterocycles. The van der Waals surface area contributed by atoms with E-state index in [0.29, 0.717) is 5.56 Å². The molecule has 3 rings (SSSR count). The minimum absolute atomic E-state index is 0.0789. The first kappa shape index (κ1) is 16.4. The molecule has 2 bridgehead atoms. The minimum atomic E-state index is -4.25. The zero-order valence-electron chi connectivity index (χ0n) is 13.9. The third kappa shape index (κ3) is 2.21. The Labute approximate surface area is 137 Å². The van der Waals surface area contributed by atoms with Crippen molar-refractivity contribution >= 4 is 22.0 Å². The third-order valence-electron chi connectivity index (χ3n) is 6.22. The van der Waals surface area contributed by atoms with Crippen molar-refractivity contribution in [3.8, 4) is 0 Å². The number of fused-ring (bicyclic) bond motifs is 2. The fraction of sp³-hybridized carbons (Fsp3) is 0.500. The Hall–Kier alpha value is -1.46. The molecule has 0 spiro atoms. The van der Waals surface area contributed by atoms with Gasteiger partial charge in [0.25, 0.3) is 10.1 Å². The zero-order chi connectivity index (χ0) is 17.2. The Balaban J connectivity index is 2.12. The number of Topliss-reactive ketones (excluding diaryl/α,β-unsaturated/α-hetero) is 1. The van der Waals surface area contributed by atoms with E-state index in [2.05, 4.69) is 13.8 Å². The van der Waals surface area contributed by atoms with E-state index in [0.717, 1.165) is 24.0 Å². The quantitative estimate of drug-likeness (QED) is 0.662. The average Bonchev–Trinajstić information content (AvgIpc) is 2.74. The number of carbonyl (C=O) groups is 1.